The van der Waals surface area contributed by atoms with Crippen LogP contribution in [0.3, 0.4) is 0 Å². The van der Waals surface area contributed by atoms with Crippen LogP contribution in [0.1, 0.15) is 33.1 Å². The number of carbonyl (C=O) groups is 1. The lowest BCUT2D eigenvalue weighted by molar-refractivity contribution is -0.151. The van der Waals surface area contributed by atoms with Crippen LogP contribution in [0.25, 0.3) is 0 Å². The maximum absolute atomic E-state index is 12.1. The van der Waals surface area contributed by atoms with Crippen LogP contribution >= 0.6 is 0 Å². The molecular weight excluding hydrogens is 230 g/mol. The Morgan fingerprint density at radius 3 is 2.94 bits per heavy atom. The first-order valence-corrected chi connectivity index (χ1v) is 6.56. The number of aromatic nitrogens is 2. The van der Waals surface area contributed by atoms with Gasteiger partial charge in [0.15, 0.2) is 0 Å². The summed E-state index contributed by atoms with van der Waals surface area (Å²) in [5.74, 6) is -0.163. The first-order chi connectivity index (χ1) is 8.64. The van der Waals surface area contributed by atoms with E-state index in [4.69, 9.17) is 4.74 Å². The lowest BCUT2D eigenvalue weighted by Gasteiger charge is -2.28. The van der Waals surface area contributed by atoms with Gasteiger partial charge in [-0.05, 0) is 39.2 Å². The van der Waals surface area contributed by atoms with Crippen LogP contribution < -0.4 is 5.32 Å². The van der Waals surface area contributed by atoms with Crippen molar-refractivity contribution in [2.24, 2.45) is 0 Å². The maximum Gasteiger partial charge on any atom is 0.326 e. The van der Waals surface area contributed by atoms with Crippen molar-refractivity contribution in [3.8, 4) is 0 Å². The molecule has 2 rings (SSSR count). The van der Waals surface area contributed by atoms with E-state index in [1.54, 1.807) is 6.20 Å². The van der Waals surface area contributed by atoms with Crippen molar-refractivity contribution < 1.29 is 9.53 Å². The predicted octanol–water partition coefficient (Wildman–Crippen LogP) is 1.35. The highest BCUT2D eigenvalue weighted by Gasteiger charge is 2.39. The second-order valence-electron chi connectivity index (χ2n) is 4.99. The van der Waals surface area contributed by atoms with E-state index in [-0.39, 0.29) is 5.97 Å². The van der Waals surface area contributed by atoms with E-state index < -0.39 is 5.54 Å². The predicted molar refractivity (Wildman–Crippen MR) is 68.0 cm³/mol. The lowest BCUT2D eigenvalue weighted by Crippen LogP contribution is -2.52. The van der Waals surface area contributed by atoms with E-state index in [2.05, 4.69) is 10.4 Å². The fourth-order valence-corrected chi connectivity index (χ4v) is 1.97. The summed E-state index contributed by atoms with van der Waals surface area (Å²) in [6, 6.07) is 2.35. The van der Waals surface area contributed by atoms with Crippen molar-refractivity contribution >= 4 is 5.97 Å². The molecule has 1 aromatic heterocycles. The van der Waals surface area contributed by atoms with Crippen molar-refractivity contribution in [3.05, 3.63) is 18.5 Å². The van der Waals surface area contributed by atoms with E-state index >= 15 is 0 Å². The van der Waals surface area contributed by atoms with Gasteiger partial charge in [0.05, 0.1) is 6.61 Å². The van der Waals surface area contributed by atoms with Gasteiger partial charge in [0, 0.05) is 25.0 Å². The lowest BCUT2D eigenvalue weighted by atomic mass is 9.97. The number of carbonyl (C=O) groups excluding carboxylic acids is 1. The van der Waals surface area contributed by atoms with Crippen molar-refractivity contribution in [1.82, 2.24) is 15.1 Å². The number of aryl methyl sites for hydroxylation is 1. The van der Waals surface area contributed by atoms with E-state index in [1.807, 2.05) is 30.8 Å². The van der Waals surface area contributed by atoms with Crippen LogP contribution in [0.2, 0.25) is 0 Å². The van der Waals surface area contributed by atoms with Crippen LogP contribution in [0, 0.1) is 0 Å². The van der Waals surface area contributed by atoms with E-state index in [9.17, 15) is 4.79 Å². The van der Waals surface area contributed by atoms with Gasteiger partial charge in [-0.25, -0.2) is 0 Å². The largest absolute Gasteiger partial charge is 0.465 e. The Morgan fingerprint density at radius 1 is 1.61 bits per heavy atom. The smallest absolute Gasteiger partial charge is 0.326 e. The molecule has 0 bridgehead atoms. The van der Waals surface area contributed by atoms with Gasteiger partial charge in [0.25, 0.3) is 0 Å². The summed E-state index contributed by atoms with van der Waals surface area (Å²) in [6.07, 6.45) is 6.64. The highest BCUT2D eigenvalue weighted by Crippen LogP contribution is 2.25. The molecule has 0 radical (unpaired) electrons. The molecular formula is C13H21N3O2. The summed E-state index contributed by atoms with van der Waals surface area (Å²) < 4.78 is 7.01. The van der Waals surface area contributed by atoms with E-state index in [0.717, 1.165) is 12.8 Å². The Bertz CT molecular complexity index is 387. The molecule has 0 amide bonds. The van der Waals surface area contributed by atoms with Crippen LogP contribution in [-0.4, -0.2) is 33.9 Å². The number of nitrogens with one attached hydrogen (secondary N) is 1. The van der Waals surface area contributed by atoms with Crippen molar-refractivity contribution in [1.29, 1.82) is 0 Å². The van der Waals surface area contributed by atoms with Crippen molar-refractivity contribution in [2.75, 3.05) is 6.61 Å². The minimum Gasteiger partial charge on any atom is -0.465 e. The quantitative estimate of drug-likeness (QED) is 0.743. The third-order valence-electron chi connectivity index (χ3n) is 3.23. The number of hydrogen-bond donors (Lipinski definition) is 1. The molecule has 1 heterocycles. The van der Waals surface area contributed by atoms with Crippen molar-refractivity contribution in [3.63, 3.8) is 0 Å². The molecule has 1 aromatic rings. The standard InChI is InChI=1S/C13H21N3O2/c1-3-18-12(17)13(2,15-11-5-6-11)7-10-16-9-4-8-14-16/h4,8-9,11,15H,3,5-7,10H2,1-2H3. The highest BCUT2D eigenvalue weighted by molar-refractivity contribution is 5.80. The maximum atomic E-state index is 12.1. The van der Waals surface area contributed by atoms with Gasteiger partial charge in [-0.3, -0.25) is 14.8 Å². The number of esters is 1. The van der Waals surface area contributed by atoms with Gasteiger partial charge in [0.2, 0.25) is 0 Å². The van der Waals surface area contributed by atoms with Gasteiger partial charge in [-0.15, -0.1) is 0 Å². The molecule has 1 fully saturated rings. The zero-order valence-electron chi connectivity index (χ0n) is 11.1. The normalized spacial score (nSPS) is 18.3. The van der Waals surface area contributed by atoms with Crippen LogP contribution in [0.15, 0.2) is 18.5 Å². The van der Waals surface area contributed by atoms with Crippen LogP contribution in [0.4, 0.5) is 0 Å². The summed E-state index contributed by atoms with van der Waals surface area (Å²) in [4.78, 5) is 12.1. The average molecular weight is 251 g/mol. The molecule has 0 aromatic carbocycles. The molecule has 100 valence electrons. The molecule has 1 unspecified atom stereocenters. The van der Waals surface area contributed by atoms with Gasteiger partial charge in [-0.2, -0.15) is 5.10 Å². The highest BCUT2D eigenvalue weighted by atomic mass is 16.5. The van der Waals surface area contributed by atoms with Gasteiger partial charge < -0.3 is 4.74 Å². The molecule has 1 saturated carbocycles. The van der Waals surface area contributed by atoms with Crippen molar-refractivity contribution in [2.45, 2.75) is 51.2 Å². The zero-order chi connectivity index (χ0) is 13.0. The average Bonchev–Trinajstić information content (AvgIpc) is 2.99. The number of ether oxygens (including phenoxy) is 1. The first kappa shape index (κ1) is 13.1. The summed E-state index contributed by atoms with van der Waals surface area (Å²) >= 11 is 0. The molecule has 1 N–H and O–H groups in total. The van der Waals surface area contributed by atoms with Gasteiger partial charge >= 0.3 is 5.97 Å². The first-order valence-electron chi connectivity index (χ1n) is 6.56. The summed E-state index contributed by atoms with van der Waals surface area (Å²) in [5, 5.41) is 7.55. The van der Waals surface area contributed by atoms with Crippen LogP contribution in [-0.2, 0) is 16.1 Å². The van der Waals surface area contributed by atoms with Crippen LogP contribution in [0.5, 0.6) is 0 Å². The molecule has 5 heteroatoms. The Hall–Kier alpha value is -1.36. The monoisotopic (exact) mass is 251 g/mol. The number of hydrogen-bond acceptors (Lipinski definition) is 4. The SMILES string of the molecule is CCOC(=O)C(C)(CCn1cccn1)NC1CC1. The molecule has 1 atom stereocenters. The Morgan fingerprint density at radius 2 is 2.39 bits per heavy atom. The molecule has 0 aliphatic heterocycles. The molecule has 1 aliphatic carbocycles. The topological polar surface area (TPSA) is 56.2 Å². The third-order valence-corrected chi connectivity index (χ3v) is 3.23. The third kappa shape index (κ3) is 3.32. The van der Waals surface area contributed by atoms with Gasteiger partial charge in [0.1, 0.15) is 5.54 Å². The minimum atomic E-state index is -0.608. The Balaban J connectivity index is 1.96. The molecule has 18 heavy (non-hydrogen) atoms. The van der Waals surface area contributed by atoms with E-state index in [1.165, 1.54) is 0 Å². The summed E-state index contributed by atoms with van der Waals surface area (Å²) in [5.41, 5.74) is -0.608. The molecule has 0 saturated heterocycles. The number of rotatable bonds is 7. The van der Waals surface area contributed by atoms with E-state index in [0.29, 0.717) is 25.6 Å². The fourth-order valence-electron chi connectivity index (χ4n) is 1.97. The summed E-state index contributed by atoms with van der Waals surface area (Å²) in [7, 11) is 0. The number of nitrogens with zero attached hydrogens (tertiary/aromatic N) is 2. The summed E-state index contributed by atoms with van der Waals surface area (Å²) in [6.45, 7) is 4.89. The molecule has 0 spiro atoms. The second-order valence-corrected chi connectivity index (χ2v) is 4.99. The Kier molecular flexibility index (Phi) is 4.01. The Labute approximate surface area is 108 Å². The zero-order valence-corrected chi connectivity index (χ0v) is 11.1. The fraction of sp³-hybridized carbons (Fsp3) is 0.692. The second kappa shape index (κ2) is 5.52. The molecule has 5 nitrogen and oxygen atoms in total. The minimum absolute atomic E-state index is 0.163. The van der Waals surface area contributed by atoms with Gasteiger partial charge in [-0.1, -0.05) is 0 Å². The molecule has 1 aliphatic rings.